The third kappa shape index (κ3) is 2.08. The third-order valence-corrected chi connectivity index (χ3v) is 0.474. The lowest BCUT2D eigenvalue weighted by Gasteiger charge is -1.32. The molecule has 20 valence electrons. The van der Waals surface area contributed by atoms with Crippen molar-refractivity contribution in [1.29, 1.82) is 0 Å². The molecule has 0 unspecified atom stereocenters. The van der Waals surface area contributed by atoms with Gasteiger partial charge < -0.3 is 0 Å². The zero-order valence-electron chi connectivity index (χ0n) is 1.93. The highest BCUT2D eigenvalue weighted by molar-refractivity contribution is 7.98. The van der Waals surface area contributed by atoms with E-state index in [-0.39, 0.29) is 0 Å². The first-order chi connectivity index (χ1) is 1.91. The summed E-state index contributed by atoms with van der Waals surface area (Å²) in [6.45, 7) is 0. The predicted octanol–water partition coefficient (Wildman–Crippen LogP) is 0.985. The summed E-state index contributed by atoms with van der Waals surface area (Å²) in [6, 6.07) is 0. The van der Waals surface area contributed by atoms with Crippen LogP contribution in [0.2, 0.25) is 0 Å². The summed E-state index contributed by atoms with van der Waals surface area (Å²) >= 11 is 4.29. The fraction of sp³-hybridized carbons (Fsp3) is 0. The van der Waals surface area contributed by atoms with Crippen LogP contribution in [0.4, 0.5) is 0 Å². The molecule has 0 saturated carbocycles. The first-order valence-electron chi connectivity index (χ1n) is 0.695. The van der Waals surface area contributed by atoms with Gasteiger partial charge in [0.2, 0.25) is 0 Å². The summed E-state index contributed by atoms with van der Waals surface area (Å²) in [5.41, 5.74) is 2.22. The molecular weight excluding hydrogens is 87.1 g/mol. The van der Waals surface area contributed by atoms with E-state index in [1.165, 1.54) is 0 Å². The number of rotatable bonds is 0. The third-order valence-electron chi connectivity index (χ3n) is 0.0527. The molecular formula is C2HPS. The van der Waals surface area contributed by atoms with Crippen molar-refractivity contribution in [2.24, 2.45) is 0 Å². The molecule has 0 aromatic heterocycles. The van der Waals surface area contributed by atoms with Gasteiger partial charge in [0, 0.05) is 0 Å². The van der Waals surface area contributed by atoms with Gasteiger partial charge in [-0.25, -0.2) is 0 Å². The molecule has 0 N–H and O–H groups in total. The normalized spacial score (nSPS) is 5.75. The monoisotopic (exact) mass is 88.0 g/mol. The highest BCUT2D eigenvalue weighted by Crippen LogP contribution is 1.77. The quantitative estimate of drug-likeness (QED) is 0.314. The second-order valence-corrected chi connectivity index (χ2v) is 1.21. The lowest BCUT2D eigenvalue weighted by molar-refractivity contribution is 3.16. The maximum absolute atomic E-state index is 4.66. The van der Waals surface area contributed by atoms with E-state index < -0.39 is 0 Å². The van der Waals surface area contributed by atoms with Gasteiger partial charge in [-0.2, -0.15) is 0 Å². The Morgan fingerprint density at radius 2 is 2.25 bits per heavy atom. The van der Waals surface area contributed by atoms with Crippen molar-refractivity contribution in [3.05, 3.63) is 0 Å². The van der Waals surface area contributed by atoms with Crippen molar-refractivity contribution in [3.8, 4) is 12.1 Å². The Kier molecular flexibility index (Phi) is 3.14. The molecule has 2 heteroatoms. The minimum absolute atomic E-state index is 0.610. The predicted molar refractivity (Wildman–Crippen MR) is 23.1 cm³/mol. The van der Waals surface area contributed by atoms with Crippen LogP contribution in [-0.4, -0.2) is 0 Å². The van der Waals surface area contributed by atoms with E-state index in [0.717, 1.165) is 0 Å². The smallest absolute Gasteiger partial charge is 0.0623 e. The van der Waals surface area contributed by atoms with E-state index >= 15 is 0 Å². The zero-order valence-corrected chi connectivity index (χ0v) is 3.64. The minimum Gasteiger partial charge on any atom is -0.109 e. The number of terminal acetylenes is 1. The SMILES string of the molecule is C#CP=S. The maximum atomic E-state index is 4.66. The van der Waals surface area contributed by atoms with Gasteiger partial charge in [-0.3, -0.25) is 0 Å². The molecule has 4 heavy (non-hydrogen) atoms. The van der Waals surface area contributed by atoms with Crippen molar-refractivity contribution in [2.45, 2.75) is 0 Å². The molecule has 0 atom stereocenters. The molecule has 0 nitrogen and oxygen atoms in total. The molecule has 0 saturated heterocycles. The van der Waals surface area contributed by atoms with Gasteiger partial charge in [0.25, 0.3) is 0 Å². The molecule has 0 aliphatic rings. The van der Waals surface area contributed by atoms with Gasteiger partial charge in [-0.05, 0) is 17.5 Å². The second kappa shape index (κ2) is 3.08. The summed E-state index contributed by atoms with van der Waals surface area (Å²) in [4.78, 5) is 0. The fourth-order valence-corrected chi connectivity index (χ4v) is 0. The summed E-state index contributed by atoms with van der Waals surface area (Å²) in [6.07, 6.45) is 4.66. The molecule has 0 bridgehead atoms. The van der Waals surface area contributed by atoms with Crippen LogP contribution in [0.25, 0.3) is 0 Å². The Morgan fingerprint density at radius 1 is 2.00 bits per heavy atom. The van der Waals surface area contributed by atoms with Gasteiger partial charge in [-0.15, -0.1) is 6.42 Å². The number of hydrogen-bond donors (Lipinski definition) is 0. The van der Waals surface area contributed by atoms with Crippen LogP contribution in [0.1, 0.15) is 0 Å². The van der Waals surface area contributed by atoms with E-state index in [0.29, 0.717) is 7.36 Å². The first kappa shape index (κ1) is 4.08. The largest absolute Gasteiger partial charge is 0.109 e. The standard InChI is InChI=1S/C2HPS/c1-2-3-4/h1H. The molecule has 0 aromatic rings. The van der Waals surface area contributed by atoms with Gasteiger partial charge in [-0.1, -0.05) is 0 Å². The van der Waals surface area contributed by atoms with E-state index in [2.05, 4.69) is 23.9 Å². The van der Waals surface area contributed by atoms with Crippen LogP contribution in [0.3, 0.4) is 0 Å². The van der Waals surface area contributed by atoms with E-state index in [4.69, 9.17) is 0 Å². The molecule has 0 aliphatic carbocycles. The molecule has 0 aromatic carbocycles. The van der Waals surface area contributed by atoms with E-state index in [1.54, 1.807) is 0 Å². The summed E-state index contributed by atoms with van der Waals surface area (Å²) in [5.74, 6) is 0. The van der Waals surface area contributed by atoms with Crippen molar-refractivity contribution in [3.63, 3.8) is 0 Å². The van der Waals surface area contributed by atoms with Crippen molar-refractivity contribution < 1.29 is 0 Å². The van der Waals surface area contributed by atoms with Crippen LogP contribution < -0.4 is 0 Å². The summed E-state index contributed by atoms with van der Waals surface area (Å²) < 4.78 is 0. The number of hydrogen-bond acceptors (Lipinski definition) is 1. The van der Waals surface area contributed by atoms with Crippen LogP contribution in [0.15, 0.2) is 0 Å². The Morgan fingerprint density at radius 3 is 2.25 bits per heavy atom. The van der Waals surface area contributed by atoms with Crippen molar-refractivity contribution >= 4 is 19.2 Å². The highest BCUT2D eigenvalue weighted by Gasteiger charge is 1.32. The fourth-order valence-electron chi connectivity index (χ4n) is 0. The first-order valence-corrected chi connectivity index (χ1v) is 2.60. The van der Waals surface area contributed by atoms with Gasteiger partial charge in [0.15, 0.2) is 0 Å². The summed E-state index contributed by atoms with van der Waals surface area (Å²) in [7, 11) is 0.610. The Balaban J connectivity index is 2.92. The lowest BCUT2D eigenvalue weighted by atomic mass is 11.4. The molecule has 0 heterocycles. The summed E-state index contributed by atoms with van der Waals surface area (Å²) in [5, 5.41) is 0. The Bertz CT molecular complexity index is 51.5. The van der Waals surface area contributed by atoms with Crippen LogP contribution in [-0.2, 0) is 11.8 Å². The van der Waals surface area contributed by atoms with Gasteiger partial charge >= 0.3 is 0 Å². The van der Waals surface area contributed by atoms with Gasteiger partial charge in [0.05, 0.1) is 7.36 Å². The van der Waals surface area contributed by atoms with Crippen molar-refractivity contribution in [2.75, 3.05) is 0 Å². The Hall–Kier alpha value is 0.0800. The second-order valence-electron chi connectivity index (χ2n) is 0.220. The molecule has 0 rings (SSSR count). The van der Waals surface area contributed by atoms with Gasteiger partial charge in [0.1, 0.15) is 0 Å². The minimum atomic E-state index is 0.610. The Labute approximate surface area is 32.1 Å². The molecule has 0 aliphatic heterocycles. The average Bonchev–Trinajstić information content (AvgIpc) is 1.37. The zero-order chi connectivity index (χ0) is 3.41. The maximum Gasteiger partial charge on any atom is 0.0623 e. The van der Waals surface area contributed by atoms with Crippen LogP contribution in [0, 0.1) is 12.1 Å². The molecule has 0 spiro atoms. The molecule has 0 amide bonds. The molecule has 0 fully saturated rings. The lowest BCUT2D eigenvalue weighted by Crippen LogP contribution is -1.03. The van der Waals surface area contributed by atoms with E-state index in [1.807, 2.05) is 0 Å². The van der Waals surface area contributed by atoms with Crippen molar-refractivity contribution in [1.82, 2.24) is 0 Å². The van der Waals surface area contributed by atoms with Crippen LogP contribution in [0.5, 0.6) is 0 Å². The van der Waals surface area contributed by atoms with Crippen LogP contribution >= 0.6 is 7.36 Å². The topological polar surface area (TPSA) is 0 Å². The molecule has 0 radical (unpaired) electrons. The average molecular weight is 88.1 g/mol. The highest BCUT2D eigenvalue weighted by atomic mass is 32.4. The van der Waals surface area contributed by atoms with E-state index in [9.17, 15) is 0 Å².